The first-order valence-electron chi connectivity index (χ1n) is 5.90. The van der Waals surface area contributed by atoms with Crippen molar-refractivity contribution in [2.45, 2.75) is 38.2 Å². The van der Waals surface area contributed by atoms with Crippen molar-refractivity contribution in [2.75, 3.05) is 19.8 Å². The summed E-state index contributed by atoms with van der Waals surface area (Å²) in [5.74, 6) is -1.37. The van der Waals surface area contributed by atoms with Crippen molar-refractivity contribution in [3.05, 3.63) is 0 Å². The molecular formula is C11H17F2NO4. The summed E-state index contributed by atoms with van der Waals surface area (Å²) in [6.45, 7) is -0.397. The first-order valence-corrected chi connectivity index (χ1v) is 5.90. The Morgan fingerprint density at radius 2 is 2.11 bits per heavy atom. The number of hydrogen-bond acceptors (Lipinski definition) is 3. The number of carbonyl (C=O) groups excluding carboxylic acids is 1. The van der Waals surface area contributed by atoms with Gasteiger partial charge in [-0.2, -0.15) is 0 Å². The molecule has 0 spiro atoms. The molecular weight excluding hydrogens is 248 g/mol. The van der Waals surface area contributed by atoms with Gasteiger partial charge in [0.1, 0.15) is 12.6 Å². The molecule has 0 bridgehead atoms. The summed E-state index contributed by atoms with van der Waals surface area (Å²) >= 11 is 0. The number of halogens is 2. The summed E-state index contributed by atoms with van der Waals surface area (Å²) in [6.07, 6.45) is -0.618. The molecule has 1 fully saturated rings. The number of alkyl halides is 2. The van der Waals surface area contributed by atoms with Crippen LogP contribution in [-0.2, 0) is 14.3 Å². The largest absolute Gasteiger partial charge is 0.480 e. The van der Waals surface area contributed by atoms with E-state index in [9.17, 15) is 18.4 Å². The zero-order valence-corrected chi connectivity index (χ0v) is 9.98. The highest BCUT2D eigenvalue weighted by Crippen LogP contribution is 2.18. The SMILES string of the molecule is O=C(O)C1CCCCN1C(=O)CCOCC(F)F. The first kappa shape index (κ1) is 14.8. The number of ether oxygens (including phenoxy) is 1. The van der Waals surface area contributed by atoms with E-state index in [1.54, 1.807) is 0 Å². The van der Waals surface area contributed by atoms with Crippen LogP contribution < -0.4 is 0 Å². The predicted molar refractivity (Wildman–Crippen MR) is 58.4 cm³/mol. The van der Waals surface area contributed by atoms with Gasteiger partial charge < -0.3 is 14.7 Å². The van der Waals surface area contributed by atoms with E-state index in [1.165, 1.54) is 4.90 Å². The van der Waals surface area contributed by atoms with E-state index in [4.69, 9.17) is 5.11 Å². The number of piperidine rings is 1. The average Bonchev–Trinajstić information content (AvgIpc) is 2.34. The number of amides is 1. The zero-order chi connectivity index (χ0) is 13.5. The molecule has 0 aromatic heterocycles. The Morgan fingerprint density at radius 1 is 1.39 bits per heavy atom. The Labute approximate surface area is 104 Å². The molecule has 0 aromatic rings. The van der Waals surface area contributed by atoms with Crippen molar-refractivity contribution >= 4 is 11.9 Å². The quantitative estimate of drug-likeness (QED) is 0.731. The van der Waals surface area contributed by atoms with Gasteiger partial charge in [0.05, 0.1) is 13.0 Å². The highest BCUT2D eigenvalue weighted by Gasteiger charge is 2.31. The van der Waals surface area contributed by atoms with Crippen molar-refractivity contribution in [1.29, 1.82) is 0 Å². The third kappa shape index (κ3) is 4.56. The second-order valence-electron chi connectivity index (χ2n) is 4.15. The summed E-state index contributed by atoms with van der Waals surface area (Å²) in [4.78, 5) is 24.0. The number of likely N-dealkylation sites (tertiary alicyclic amines) is 1. The Hall–Kier alpha value is -1.24. The summed E-state index contributed by atoms with van der Waals surface area (Å²) in [5.41, 5.74) is 0. The third-order valence-electron chi connectivity index (χ3n) is 2.81. The van der Waals surface area contributed by atoms with E-state index < -0.39 is 25.0 Å². The lowest BCUT2D eigenvalue weighted by Gasteiger charge is -2.33. The monoisotopic (exact) mass is 265 g/mol. The third-order valence-corrected chi connectivity index (χ3v) is 2.81. The van der Waals surface area contributed by atoms with Gasteiger partial charge in [-0.15, -0.1) is 0 Å². The molecule has 1 aliphatic rings. The van der Waals surface area contributed by atoms with Crippen LogP contribution in [0.2, 0.25) is 0 Å². The van der Waals surface area contributed by atoms with Crippen LogP contribution >= 0.6 is 0 Å². The van der Waals surface area contributed by atoms with Crippen LogP contribution in [0.15, 0.2) is 0 Å². The fraction of sp³-hybridized carbons (Fsp3) is 0.818. The van der Waals surface area contributed by atoms with Crippen LogP contribution in [0.4, 0.5) is 8.78 Å². The molecule has 1 amide bonds. The molecule has 104 valence electrons. The minimum atomic E-state index is -2.55. The van der Waals surface area contributed by atoms with E-state index in [1.807, 2.05) is 0 Å². The van der Waals surface area contributed by atoms with Gasteiger partial charge in [0.15, 0.2) is 0 Å². The number of rotatable bonds is 6. The number of aliphatic carboxylic acids is 1. The zero-order valence-electron chi connectivity index (χ0n) is 9.98. The summed E-state index contributed by atoms with van der Waals surface area (Å²) < 4.78 is 28.2. The van der Waals surface area contributed by atoms with Gasteiger partial charge in [0, 0.05) is 6.54 Å². The lowest BCUT2D eigenvalue weighted by molar-refractivity contribution is -0.152. The van der Waals surface area contributed by atoms with E-state index in [-0.39, 0.29) is 18.9 Å². The maximum absolute atomic E-state index is 11.8. The molecule has 1 unspecified atom stereocenters. The molecule has 1 aliphatic heterocycles. The number of carboxylic acid groups (broad SMARTS) is 1. The van der Waals surface area contributed by atoms with Gasteiger partial charge in [-0.1, -0.05) is 0 Å². The minimum absolute atomic E-state index is 0.0590. The molecule has 1 N–H and O–H groups in total. The number of hydrogen-bond donors (Lipinski definition) is 1. The molecule has 18 heavy (non-hydrogen) atoms. The van der Waals surface area contributed by atoms with Crippen molar-refractivity contribution < 1.29 is 28.2 Å². The van der Waals surface area contributed by atoms with E-state index >= 15 is 0 Å². The predicted octanol–water partition coefficient (Wildman–Crippen LogP) is 1.12. The molecule has 0 saturated carbocycles. The lowest BCUT2D eigenvalue weighted by Crippen LogP contribution is -2.48. The topological polar surface area (TPSA) is 66.8 Å². The Balaban J connectivity index is 2.36. The van der Waals surface area contributed by atoms with Crippen LogP contribution in [-0.4, -0.2) is 54.1 Å². The van der Waals surface area contributed by atoms with Gasteiger partial charge in [0.25, 0.3) is 6.43 Å². The molecule has 1 atom stereocenters. The number of carboxylic acids is 1. The van der Waals surface area contributed by atoms with Gasteiger partial charge >= 0.3 is 5.97 Å². The van der Waals surface area contributed by atoms with Crippen LogP contribution in [0.3, 0.4) is 0 Å². The summed E-state index contributed by atoms with van der Waals surface area (Å²) in [7, 11) is 0. The lowest BCUT2D eigenvalue weighted by atomic mass is 10.0. The van der Waals surface area contributed by atoms with E-state index in [0.717, 1.165) is 12.8 Å². The molecule has 0 radical (unpaired) electrons. The van der Waals surface area contributed by atoms with Crippen LogP contribution in [0.1, 0.15) is 25.7 Å². The number of carbonyl (C=O) groups is 2. The highest BCUT2D eigenvalue weighted by atomic mass is 19.3. The maximum atomic E-state index is 11.8. The fourth-order valence-corrected chi connectivity index (χ4v) is 1.96. The van der Waals surface area contributed by atoms with Crippen LogP contribution in [0.25, 0.3) is 0 Å². The van der Waals surface area contributed by atoms with Crippen molar-refractivity contribution in [3.8, 4) is 0 Å². The van der Waals surface area contributed by atoms with E-state index in [0.29, 0.717) is 13.0 Å². The molecule has 5 nitrogen and oxygen atoms in total. The second kappa shape index (κ2) is 7.25. The summed E-state index contributed by atoms with van der Waals surface area (Å²) in [5, 5.41) is 8.98. The van der Waals surface area contributed by atoms with Gasteiger partial charge in [-0.05, 0) is 19.3 Å². The van der Waals surface area contributed by atoms with Crippen LogP contribution in [0.5, 0.6) is 0 Å². The Kier molecular flexibility index (Phi) is 5.97. The Bertz CT molecular complexity index is 299. The summed E-state index contributed by atoms with van der Waals surface area (Å²) in [6, 6.07) is -0.790. The van der Waals surface area contributed by atoms with Gasteiger partial charge in [-0.25, -0.2) is 13.6 Å². The van der Waals surface area contributed by atoms with Crippen LogP contribution in [0, 0.1) is 0 Å². The molecule has 0 aromatic carbocycles. The first-order chi connectivity index (χ1) is 8.52. The highest BCUT2D eigenvalue weighted by molar-refractivity contribution is 5.83. The number of nitrogens with zero attached hydrogens (tertiary/aromatic N) is 1. The second-order valence-corrected chi connectivity index (χ2v) is 4.15. The molecule has 7 heteroatoms. The fourth-order valence-electron chi connectivity index (χ4n) is 1.96. The van der Waals surface area contributed by atoms with Crippen molar-refractivity contribution in [2.24, 2.45) is 0 Å². The Morgan fingerprint density at radius 3 is 2.72 bits per heavy atom. The van der Waals surface area contributed by atoms with E-state index in [2.05, 4.69) is 4.74 Å². The normalized spacial score (nSPS) is 20.2. The van der Waals surface area contributed by atoms with Crippen molar-refractivity contribution in [1.82, 2.24) is 4.90 Å². The van der Waals surface area contributed by atoms with Crippen molar-refractivity contribution in [3.63, 3.8) is 0 Å². The standard InChI is InChI=1S/C11H17F2NO4/c12-9(13)7-18-6-4-10(15)14-5-2-1-3-8(14)11(16)17/h8-9H,1-7H2,(H,16,17). The molecule has 1 rings (SSSR count). The molecule has 1 heterocycles. The van der Waals surface area contributed by atoms with Gasteiger partial charge in [-0.3, -0.25) is 4.79 Å². The molecule has 0 aliphatic carbocycles. The van der Waals surface area contributed by atoms with Gasteiger partial charge in [0.2, 0.25) is 5.91 Å². The molecule has 1 saturated heterocycles. The minimum Gasteiger partial charge on any atom is -0.480 e. The average molecular weight is 265 g/mol. The smallest absolute Gasteiger partial charge is 0.326 e. The maximum Gasteiger partial charge on any atom is 0.326 e.